The Kier molecular flexibility index (Phi) is 6.13. The smallest absolute Gasteiger partial charge is 0.291 e. The second-order valence-electron chi connectivity index (χ2n) is 7.95. The number of aromatic nitrogens is 1. The number of rotatable bonds is 7. The lowest BCUT2D eigenvalue weighted by Crippen LogP contribution is -2.18. The van der Waals surface area contributed by atoms with Gasteiger partial charge in [0.15, 0.2) is 5.76 Å². The maximum atomic E-state index is 12.9. The highest BCUT2D eigenvalue weighted by molar-refractivity contribution is 7.16. The highest BCUT2D eigenvalue weighted by atomic mass is 32.1. The third-order valence-electron chi connectivity index (χ3n) is 5.86. The summed E-state index contributed by atoms with van der Waals surface area (Å²) in [5, 5.41) is 7.59. The van der Waals surface area contributed by atoms with Crippen molar-refractivity contribution in [1.82, 2.24) is 4.98 Å². The second kappa shape index (κ2) is 9.50. The summed E-state index contributed by atoms with van der Waals surface area (Å²) in [4.78, 5) is 18.7. The van der Waals surface area contributed by atoms with E-state index in [9.17, 15) is 4.79 Å². The van der Waals surface area contributed by atoms with Gasteiger partial charge in [0.25, 0.3) is 5.91 Å². The van der Waals surface area contributed by atoms with Crippen LogP contribution in [0.15, 0.2) is 71.5 Å². The van der Waals surface area contributed by atoms with Gasteiger partial charge < -0.3 is 19.8 Å². The molecule has 1 aliphatic carbocycles. The Morgan fingerprint density at radius 2 is 2.03 bits per heavy atom. The van der Waals surface area contributed by atoms with Crippen LogP contribution in [0, 0.1) is 0 Å². The molecule has 0 aliphatic heterocycles. The summed E-state index contributed by atoms with van der Waals surface area (Å²) in [5.74, 6) is 1.60. The van der Waals surface area contributed by atoms with Crippen LogP contribution in [-0.2, 0) is 12.8 Å². The van der Waals surface area contributed by atoms with Crippen LogP contribution in [0.2, 0.25) is 0 Å². The van der Waals surface area contributed by atoms with Crippen molar-refractivity contribution in [2.45, 2.75) is 31.7 Å². The molecule has 0 spiro atoms. The summed E-state index contributed by atoms with van der Waals surface area (Å²) >= 11 is 1.67. The fourth-order valence-corrected chi connectivity index (χ4v) is 5.62. The molecule has 6 nitrogen and oxygen atoms in total. The molecule has 1 aromatic carbocycles. The molecule has 0 unspecified atom stereocenters. The number of benzene rings is 1. The van der Waals surface area contributed by atoms with Crippen molar-refractivity contribution < 1.29 is 13.9 Å². The molecule has 0 radical (unpaired) electrons. The fraction of sp³-hybridized carbons (Fsp3) is 0.231. The first-order chi connectivity index (χ1) is 16.2. The summed E-state index contributed by atoms with van der Waals surface area (Å²) < 4.78 is 10.8. The number of hydrogen-bond donors (Lipinski definition) is 2. The van der Waals surface area contributed by atoms with Crippen LogP contribution in [0.4, 0.5) is 10.8 Å². The van der Waals surface area contributed by atoms with Gasteiger partial charge >= 0.3 is 0 Å². The van der Waals surface area contributed by atoms with E-state index in [-0.39, 0.29) is 11.9 Å². The molecule has 0 bridgehead atoms. The molecular formula is C26H25N3O3S. The number of nitrogens with one attached hydrogen (secondary N) is 2. The molecule has 33 heavy (non-hydrogen) atoms. The SMILES string of the molecule is COc1cccc([C@@H](Nc2ccccn2)c2c(NC(=O)c3ccco3)sc3c2CCCC3)c1. The van der Waals surface area contributed by atoms with E-state index in [1.165, 1.54) is 16.7 Å². The van der Waals surface area contributed by atoms with Crippen LogP contribution >= 0.6 is 11.3 Å². The van der Waals surface area contributed by atoms with E-state index >= 15 is 0 Å². The number of carbonyl (C=O) groups is 1. The molecular weight excluding hydrogens is 434 g/mol. The lowest BCUT2D eigenvalue weighted by atomic mass is 9.89. The number of fused-ring (bicyclic) bond motifs is 1. The average Bonchev–Trinajstić information content (AvgIpc) is 3.52. The zero-order valence-electron chi connectivity index (χ0n) is 18.3. The van der Waals surface area contributed by atoms with Gasteiger partial charge in [-0.05, 0) is 73.2 Å². The number of pyridine rings is 1. The van der Waals surface area contributed by atoms with Crippen LogP contribution in [-0.4, -0.2) is 18.0 Å². The minimum absolute atomic E-state index is 0.208. The first-order valence-electron chi connectivity index (χ1n) is 11.0. The third kappa shape index (κ3) is 4.50. The Hall–Kier alpha value is -3.58. The number of thiophene rings is 1. The zero-order valence-corrected chi connectivity index (χ0v) is 19.2. The summed E-state index contributed by atoms with van der Waals surface area (Å²) in [5.41, 5.74) is 3.45. The monoisotopic (exact) mass is 459 g/mol. The zero-order chi connectivity index (χ0) is 22.6. The molecule has 0 fully saturated rings. The minimum Gasteiger partial charge on any atom is -0.497 e. The molecule has 0 saturated heterocycles. The topological polar surface area (TPSA) is 76.4 Å². The lowest BCUT2D eigenvalue weighted by molar-refractivity contribution is 0.0997. The molecule has 168 valence electrons. The lowest BCUT2D eigenvalue weighted by Gasteiger charge is -2.24. The van der Waals surface area contributed by atoms with Crippen LogP contribution in [0.5, 0.6) is 5.75 Å². The van der Waals surface area contributed by atoms with Gasteiger partial charge in [0.2, 0.25) is 0 Å². The summed E-state index contributed by atoms with van der Waals surface area (Å²) in [6.45, 7) is 0. The second-order valence-corrected chi connectivity index (χ2v) is 9.06. The van der Waals surface area contributed by atoms with Crippen LogP contribution in [0.1, 0.15) is 51.0 Å². The van der Waals surface area contributed by atoms with Crippen molar-refractivity contribution in [2.75, 3.05) is 17.7 Å². The molecule has 1 amide bonds. The van der Waals surface area contributed by atoms with Crippen molar-refractivity contribution in [3.05, 3.63) is 94.4 Å². The number of aryl methyl sites for hydroxylation is 1. The van der Waals surface area contributed by atoms with Crippen molar-refractivity contribution >= 4 is 28.1 Å². The van der Waals surface area contributed by atoms with E-state index in [2.05, 4.69) is 21.7 Å². The van der Waals surface area contributed by atoms with Gasteiger partial charge in [-0.15, -0.1) is 11.3 Å². The summed E-state index contributed by atoms with van der Waals surface area (Å²) in [6, 6.07) is 17.0. The summed E-state index contributed by atoms with van der Waals surface area (Å²) in [6.07, 6.45) is 7.59. The van der Waals surface area contributed by atoms with Gasteiger partial charge in [0, 0.05) is 16.6 Å². The molecule has 0 saturated carbocycles. The standard InChI is InChI=1S/C26H25N3O3S/c1-31-18-9-6-8-17(16-18)24(28-22-13-4-5-14-27-22)23-19-10-2-3-12-21(19)33-26(23)29-25(30)20-11-7-15-32-20/h4-9,11,13-16,24H,2-3,10,12H2,1H3,(H,27,28)(H,29,30)/t24-/m1/s1. The molecule has 2 N–H and O–H groups in total. The fourth-order valence-electron chi connectivity index (χ4n) is 4.30. The maximum Gasteiger partial charge on any atom is 0.291 e. The Labute approximate surface area is 196 Å². The van der Waals surface area contributed by atoms with Gasteiger partial charge in [-0.3, -0.25) is 4.79 Å². The van der Waals surface area contributed by atoms with Gasteiger partial charge in [-0.2, -0.15) is 0 Å². The Morgan fingerprint density at radius 1 is 1.12 bits per heavy atom. The minimum atomic E-state index is -0.248. The Balaban J connectivity index is 1.62. The largest absolute Gasteiger partial charge is 0.497 e. The van der Waals surface area contributed by atoms with Gasteiger partial charge in [-0.1, -0.05) is 18.2 Å². The van der Waals surface area contributed by atoms with Crippen molar-refractivity contribution in [3.63, 3.8) is 0 Å². The third-order valence-corrected chi connectivity index (χ3v) is 7.08. The predicted molar refractivity (Wildman–Crippen MR) is 130 cm³/mol. The highest BCUT2D eigenvalue weighted by Gasteiger charge is 2.29. The normalized spacial score (nSPS) is 13.7. The van der Waals surface area contributed by atoms with Crippen LogP contribution in [0.3, 0.4) is 0 Å². The van der Waals surface area contributed by atoms with Gasteiger partial charge in [0.05, 0.1) is 19.4 Å². The number of carbonyl (C=O) groups excluding carboxylic acids is 1. The van der Waals surface area contributed by atoms with E-state index in [1.54, 1.807) is 36.8 Å². The van der Waals surface area contributed by atoms with Gasteiger partial charge in [0.1, 0.15) is 16.6 Å². The first-order valence-corrected chi connectivity index (χ1v) is 11.9. The molecule has 1 aliphatic rings. The van der Waals surface area contributed by atoms with Crippen LogP contribution in [0.25, 0.3) is 0 Å². The molecule has 7 heteroatoms. The van der Waals surface area contributed by atoms with Crippen molar-refractivity contribution in [1.29, 1.82) is 0 Å². The Bertz CT molecular complexity index is 1240. The molecule has 3 aromatic heterocycles. The first kappa shape index (κ1) is 21.3. The predicted octanol–water partition coefficient (Wildman–Crippen LogP) is 6.08. The Morgan fingerprint density at radius 3 is 2.82 bits per heavy atom. The van der Waals surface area contributed by atoms with E-state index in [1.807, 2.05) is 36.4 Å². The highest BCUT2D eigenvalue weighted by Crippen LogP contribution is 2.44. The van der Waals surface area contributed by atoms with E-state index in [4.69, 9.17) is 9.15 Å². The van der Waals surface area contributed by atoms with Crippen molar-refractivity contribution in [3.8, 4) is 5.75 Å². The number of methoxy groups -OCH3 is 1. The maximum absolute atomic E-state index is 12.9. The number of ether oxygens (including phenoxy) is 1. The quantitative estimate of drug-likeness (QED) is 0.350. The number of amides is 1. The summed E-state index contributed by atoms with van der Waals surface area (Å²) in [7, 11) is 1.67. The molecule has 4 aromatic rings. The molecule has 3 heterocycles. The average molecular weight is 460 g/mol. The van der Waals surface area contributed by atoms with E-state index < -0.39 is 0 Å². The van der Waals surface area contributed by atoms with Gasteiger partial charge in [-0.25, -0.2) is 4.98 Å². The molecule has 1 atom stereocenters. The number of nitrogens with zero attached hydrogens (tertiary/aromatic N) is 1. The number of hydrogen-bond acceptors (Lipinski definition) is 6. The van der Waals surface area contributed by atoms with E-state index in [0.717, 1.165) is 53.4 Å². The number of furan rings is 1. The molecule has 5 rings (SSSR count). The van der Waals surface area contributed by atoms with Crippen LogP contribution < -0.4 is 15.4 Å². The number of anilines is 2. The van der Waals surface area contributed by atoms with Crippen molar-refractivity contribution in [2.24, 2.45) is 0 Å². The van der Waals surface area contributed by atoms with E-state index in [0.29, 0.717) is 5.76 Å².